The molecule has 0 aliphatic heterocycles. The summed E-state index contributed by atoms with van der Waals surface area (Å²) in [7, 11) is 0. The van der Waals surface area contributed by atoms with Crippen molar-refractivity contribution in [2.24, 2.45) is 0 Å². The summed E-state index contributed by atoms with van der Waals surface area (Å²) in [6.07, 6.45) is 26.4. The monoisotopic (exact) mass is 438 g/mol. The van der Waals surface area contributed by atoms with Gasteiger partial charge in [-0.25, -0.2) is 4.98 Å². The summed E-state index contributed by atoms with van der Waals surface area (Å²) in [5.74, 6) is 1.32. The highest BCUT2D eigenvalue weighted by atomic mass is 15.1. The van der Waals surface area contributed by atoms with Gasteiger partial charge in [-0.2, -0.15) is 0 Å². The number of nitrogens with zero attached hydrogens (tertiary/aromatic N) is 2. The van der Waals surface area contributed by atoms with Gasteiger partial charge in [0.25, 0.3) is 0 Å². The van der Waals surface area contributed by atoms with E-state index in [4.69, 9.17) is 4.98 Å². The zero-order chi connectivity index (χ0) is 22.7. The number of rotatable bonds is 20. The second kappa shape index (κ2) is 17.9. The molecule has 2 nitrogen and oxygen atoms in total. The lowest BCUT2D eigenvalue weighted by atomic mass is 10.1. The van der Waals surface area contributed by atoms with Gasteiger partial charge in [-0.05, 0) is 37.7 Å². The van der Waals surface area contributed by atoms with Gasteiger partial charge in [0.2, 0.25) is 0 Å². The van der Waals surface area contributed by atoms with E-state index in [9.17, 15) is 0 Å². The number of imidazole rings is 1. The van der Waals surface area contributed by atoms with Gasteiger partial charge in [-0.3, -0.25) is 0 Å². The second-order valence-electron chi connectivity index (χ2n) is 9.67. The average molecular weight is 439 g/mol. The van der Waals surface area contributed by atoms with Crippen LogP contribution in [0.5, 0.6) is 0 Å². The predicted molar refractivity (Wildman–Crippen MR) is 140 cm³/mol. The van der Waals surface area contributed by atoms with Crippen LogP contribution in [0, 0.1) is 0 Å². The van der Waals surface area contributed by atoms with Crippen molar-refractivity contribution in [2.75, 3.05) is 0 Å². The quantitative estimate of drug-likeness (QED) is 0.188. The Morgan fingerprint density at radius 1 is 0.594 bits per heavy atom. The van der Waals surface area contributed by atoms with Gasteiger partial charge in [-0.1, -0.05) is 121 Å². The van der Waals surface area contributed by atoms with E-state index in [1.807, 2.05) is 0 Å². The van der Waals surface area contributed by atoms with E-state index in [2.05, 4.69) is 54.9 Å². The highest BCUT2D eigenvalue weighted by Crippen LogP contribution is 2.15. The summed E-state index contributed by atoms with van der Waals surface area (Å²) >= 11 is 0. The summed E-state index contributed by atoms with van der Waals surface area (Å²) in [4.78, 5) is 5.02. The zero-order valence-electron chi connectivity index (χ0n) is 21.3. The first-order valence-electron chi connectivity index (χ1n) is 13.9. The Balaban J connectivity index is 1.61. The first kappa shape index (κ1) is 26.7. The Morgan fingerprint density at radius 3 is 1.81 bits per heavy atom. The molecule has 0 aliphatic carbocycles. The number of unbranched alkanes of at least 4 members (excludes halogenated alkanes) is 12. The van der Waals surface area contributed by atoms with Gasteiger partial charge in [0.05, 0.1) is 5.69 Å². The van der Waals surface area contributed by atoms with Crippen LogP contribution in [0.4, 0.5) is 0 Å². The Morgan fingerprint density at radius 2 is 1.19 bits per heavy atom. The fraction of sp³-hybridized carbons (Fsp3) is 0.700. The molecule has 2 rings (SSSR count). The predicted octanol–water partition coefficient (Wildman–Crippen LogP) is 9.10. The van der Waals surface area contributed by atoms with E-state index >= 15 is 0 Å². The molecule has 0 N–H and O–H groups in total. The topological polar surface area (TPSA) is 17.8 Å². The molecule has 1 aromatic heterocycles. The molecule has 0 atom stereocenters. The van der Waals surface area contributed by atoms with Crippen molar-refractivity contribution in [1.29, 1.82) is 0 Å². The van der Waals surface area contributed by atoms with Crippen LogP contribution in [0.1, 0.15) is 127 Å². The zero-order valence-corrected chi connectivity index (χ0v) is 21.3. The maximum absolute atomic E-state index is 5.02. The Bertz CT molecular complexity index is 673. The van der Waals surface area contributed by atoms with Gasteiger partial charge in [0, 0.05) is 19.2 Å². The van der Waals surface area contributed by atoms with Crippen LogP contribution in [-0.2, 0) is 25.8 Å². The fourth-order valence-corrected chi connectivity index (χ4v) is 4.60. The lowest BCUT2D eigenvalue weighted by Gasteiger charge is -2.07. The molecule has 0 radical (unpaired) electrons. The number of benzene rings is 1. The summed E-state index contributed by atoms with van der Waals surface area (Å²) in [5.41, 5.74) is 2.74. The molecule has 0 fully saturated rings. The van der Waals surface area contributed by atoms with Gasteiger partial charge in [0.1, 0.15) is 5.82 Å². The van der Waals surface area contributed by atoms with Crippen molar-refractivity contribution >= 4 is 0 Å². The van der Waals surface area contributed by atoms with Crippen LogP contribution in [0.15, 0.2) is 36.5 Å². The van der Waals surface area contributed by atoms with Crippen LogP contribution in [0.3, 0.4) is 0 Å². The van der Waals surface area contributed by atoms with Crippen molar-refractivity contribution in [3.8, 4) is 0 Å². The fourth-order valence-electron chi connectivity index (χ4n) is 4.60. The second-order valence-corrected chi connectivity index (χ2v) is 9.67. The van der Waals surface area contributed by atoms with Crippen molar-refractivity contribution in [3.05, 3.63) is 53.6 Å². The molecule has 0 spiro atoms. The highest BCUT2D eigenvalue weighted by molar-refractivity contribution is 5.15. The molecule has 0 aliphatic rings. The summed E-state index contributed by atoms with van der Waals surface area (Å²) in [6.45, 7) is 5.73. The molecule has 0 unspecified atom stereocenters. The van der Waals surface area contributed by atoms with Crippen LogP contribution < -0.4 is 0 Å². The van der Waals surface area contributed by atoms with Gasteiger partial charge in [-0.15, -0.1) is 0 Å². The van der Waals surface area contributed by atoms with Crippen LogP contribution in [0.2, 0.25) is 0 Å². The number of aryl methyl sites for hydroxylation is 4. The molecule has 0 amide bonds. The number of hydrogen-bond donors (Lipinski definition) is 0. The van der Waals surface area contributed by atoms with Crippen LogP contribution >= 0.6 is 0 Å². The smallest absolute Gasteiger partial charge is 0.108 e. The van der Waals surface area contributed by atoms with E-state index in [0.717, 1.165) is 25.8 Å². The van der Waals surface area contributed by atoms with E-state index < -0.39 is 0 Å². The Kier molecular flexibility index (Phi) is 14.9. The lowest BCUT2D eigenvalue weighted by Crippen LogP contribution is -2.03. The third kappa shape index (κ3) is 11.9. The Labute approximate surface area is 199 Å². The van der Waals surface area contributed by atoms with Crippen LogP contribution in [-0.4, -0.2) is 9.55 Å². The minimum Gasteiger partial charge on any atom is -0.335 e. The van der Waals surface area contributed by atoms with E-state index in [-0.39, 0.29) is 0 Å². The molecular formula is C30H50N2. The first-order chi connectivity index (χ1) is 15.8. The normalized spacial score (nSPS) is 11.3. The SMILES string of the molecule is CCCCCCCCCCCCCCn1cc(CCCc2ccccc2)nc1CCCC. The minimum atomic E-state index is 1.10. The summed E-state index contributed by atoms with van der Waals surface area (Å²) < 4.78 is 2.48. The Hall–Kier alpha value is -1.57. The van der Waals surface area contributed by atoms with Crippen molar-refractivity contribution in [3.63, 3.8) is 0 Å². The number of hydrogen-bond acceptors (Lipinski definition) is 1. The van der Waals surface area contributed by atoms with Crippen molar-refractivity contribution < 1.29 is 0 Å². The molecule has 0 saturated carbocycles. The molecule has 0 saturated heterocycles. The molecule has 2 heteroatoms. The standard InChI is InChI=1S/C30H50N2/c1-3-5-7-8-9-10-11-12-13-14-15-19-26-32-27-29(31-30(32)25-6-4-2)24-20-23-28-21-17-16-18-22-28/h16-18,21-22,27H,3-15,19-20,23-26H2,1-2H3. The van der Waals surface area contributed by atoms with Gasteiger partial charge < -0.3 is 4.57 Å². The number of aromatic nitrogens is 2. The van der Waals surface area contributed by atoms with Crippen molar-refractivity contribution in [2.45, 2.75) is 136 Å². The van der Waals surface area contributed by atoms with Gasteiger partial charge >= 0.3 is 0 Å². The maximum atomic E-state index is 5.02. The third-order valence-electron chi connectivity index (χ3n) is 6.66. The van der Waals surface area contributed by atoms with Crippen molar-refractivity contribution in [1.82, 2.24) is 9.55 Å². The first-order valence-corrected chi connectivity index (χ1v) is 13.9. The van der Waals surface area contributed by atoms with E-state index in [1.54, 1.807) is 0 Å². The minimum absolute atomic E-state index is 1.10. The molecule has 2 aromatic rings. The van der Waals surface area contributed by atoms with E-state index in [0.29, 0.717) is 0 Å². The molecule has 1 aromatic carbocycles. The van der Waals surface area contributed by atoms with Gasteiger partial charge in [0.15, 0.2) is 0 Å². The highest BCUT2D eigenvalue weighted by Gasteiger charge is 2.08. The van der Waals surface area contributed by atoms with E-state index in [1.165, 1.54) is 113 Å². The molecule has 32 heavy (non-hydrogen) atoms. The average Bonchev–Trinajstić information content (AvgIpc) is 3.20. The molecule has 0 bridgehead atoms. The summed E-state index contributed by atoms with van der Waals surface area (Å²) in [5, 5.41) is 0. The van der Waals surface area contributed by atoms with Crippen LogP contribution in [0.25, 0.3) is 0 Å². The maximum Gasteiger partial charge on any atom is 0.108 e. The largest absolute Gasteiger partial charge is 0.335 e. The molecule has 180 valence electrons. The summed E-state index contributed by atoms with van der Waals surface area (Å²) in [6, 6.07) is 10.8. The molecule has 1 heterocycles. The lowest BCUT2D eigenvalue weighted by molar-refractivity contribution is 0.521. The third-order valence-corrected chi connectivity index (χ3v) is 6.66. The molecular weight excluding hydrogens is 388 g/mol.